The minimum absolute atomic E-state index is 0.0317. The molecule has 156 valence electrons. The van der Waals surface area contributed by atoms with Gasteiger partial charge in [0.2, 0.25) is 0 Å². The number of hydrogen-bond acceptors (Lipinski definition) is 7. The van der Waals surface area contributed by atoms with Gasteiger partial charge in [0, 0.05) is 5.56 Å². The molecule has 1 heterocycles. The second-order valence-corrected chi connectivity index (χ2v) is 7.93. The number of aromatic nitrogens is 1. The number of ether oxygens (including phenoxy) is 4. The zero-order valence-corrected chi connectivity index (χ0v) is 18.4. The van der Waals surface area contributed by atoms with Crippen LogP contribution >= 0.6 is 27.3 Å². The number of thiazole rings is 1. The Balaban J connectivity index is 1.36. The Morgan fingerprint density at radius 1 is 0.862 bits per heavy atom. The predicted molar refractivity (Wildman–Crippen MR) is 118 cm³/mol. The fourth-order valence-electron chi connectivity index (χ4n) is 2.56. The molecule has 0 aliphatic rings. The molecular weight excluding hydrogens is 458 g/mol. The number of aliphatic hydroxyl groups excluding tert-OH is 1. The van der Waals surface area contributed by atoms with Gasteiger partial charge in [-0.05, 0) is 46.3 Å². The molecule has 0 aliphatic carbocycles. The van der Waals surface area contributed by atoms with Gasteiger partial charge >= 0.3 is 0 Å². The van der Waals surface area contributed by atoms with Crippen LogP contribution in [0, 0.1) is 0 Å². The van der Waals surface area contributed by atoms with E-state index in [1.54, 1.807) is 11.3 Å². The average molecular weight is 482 g/mol. The number of aliphatic hydroxyl groups is 1. The Morgan fingerprint density at radius 3 is 2.24 bits per heavy atom. The van der Waals surface area contributed by atoms with Crippen LogP contribution in [0.1, 0.15) is 0 Å². The highest BCUT2D eigenvalue weighted by Crippen LogP contribution is 2.34. The first-order chi connectivity index (χ1) is 14.3. The minimum Gasteiger partial charge on any atom is -0.490 e. The summed E-state index contributed by atoms with van der Waals surface area (Å²) in [6, 6.07) is 14.1. The molecule has 1 N–H and O–H groups in total. The zero-order chi connectivity index (χ0) is 20.3. The minimum atomic E-state index is 0.0317. The van der Waals surface area contributed by atoms with Crippen LogP contribution in [0.3, 0.4) is 0 Å². The van der Waals surface area contributed by atoms with E-state index in [4.69, 9.17) is 29.0 Å². The SMILES string of the molecule is OCCOCCOCCOCCOc1ccc(-c2nc3ccccc3s2)cc1Br. The molecule has 0 aliphatic heterocycles. The lowest BCUT2D eigenvalue weighted by atomic mass is 10.2. The first kappa shape index (κ1) is 22.1. The van der Waals surface area contributed by atoms with Gasteiger partial charge < -0.3 is 24.1 Å². The van der Waals surface area contributed by atoms with Crippen molar-refractivity contribution in [3.05, 3.63) is 46.9 Å². The van der Waals surface area contributed by atoms with E-state index in [1.807, 2.05) is 36.4 Å². The summed E-state index contributed by atoms with van der Waals surface area (Å²) in [5.74, 6) is 0.774. The standard InChI is InChI=1S/C21H24BrNO5S/c22-17-15-16(21-23-18-3-1-2-4-20(18)29-21)5-6-19(17)28-14-13-27-12-11-26-10-9-25-8-7-24/h1-6,15,24H,7-14H2. The molecule has 0 amide bonds. The van der Waals surface area contributed by atoms with Crippen LogP contribution in [-0.2, 0) is 14.2 Å². The normalized spacial score (nSPS) is 11.2. The van der Waals surface area contributed by atoms with Crippen molar-refractivity contribution in [2.45, 2.75) is 0 Å². The van der Waals surface area contributed by atoms with E-state index in [0.717, 1.165) is 26.3 Å². The van der Waals surface area contributed by atoms with Crippen LogP contribution in [0.25, 0.3) is 20.8 Å². The summed E-state index contributed by atoms with van der Waals surface area (Å²) >= 11 is 5.26. The van der Waals surface area contributed by atoms with Gasteiger partial charge in [-0.1, -0.05) is 12.1 Å². The van der Waals surface area contributed by atoms with Crippen molar-refractivity contribution in [1.29, 1.82) is 0 Å². The molecular formula is C21H24BrNO5S. The Hall–Kier alpha value is -1.55. The number of fused-ring (bicyclic) bond motifs is 1. The molecule has 0 fully saturated rings. The third-order valence-electron chi connectivity index (χ3n) is 3.94. The zero-order valence-electron chi connectivity index (χ0n) is 16.0. The molecule has 0 atom stereocenters. The monoisotopic (exact) mass is 481 g/mol. The summed E-state index contributed by atoms with van der Waals surface area (Å²) < 4.78 is 23.8. The predicted octanol–water partition coefficient (Wildman–Crippen LogP) is 4.15. The molecule has 0 bridgehead atoms. The van der Waals surface area contributed by atoms with Gasteiger partial charge in [0.05, 0.1) is 60.9 Å². The third-order valence-corrected chi connectivity index (χ3v) is 5.64. The van der Waals surface area contributed by atoms with E-state index in [9.17, 15) is 0 Å². The fraction of sp³-hybridized carbons (Fsp3) is 0.381. The summed E-state index contributed by atoms with van der Waals surface area (Å²) in [5, 5.41) is 9.57. The van der Waals surface area contributed by atoms with Gasteiger partial charge in [-0.2, -0.15) is 0 Å². The molecule has 1 aromatic heterocycles. The number of hydrogen-bond donors (Lipinski definition) is 1. The topological polar surface area (TPSA) is 70.0 Å². The molecule has 6 nitrogen and oxygen atoms in total. The Bertz CT molecular complexity index is 855. The van der Waals surface area contributed by atoms with Crippen LogP contribution in [-0.4, -0.2) is 62.9 Å². The van der Waals surface area contributed by atoms with Crippen molar-refractivity contribution in [3.8, 4) is 16.3 Å². The molecule has 3 aromatic rings. The van der Waals surface area contributed by atoms with Gasteiger partial charge in [-0.25, -0.2) is 4.98 Å². The Kier molecular flexibility index (Phi) is 9.33. The lowest BCUT2D eigenvalue weighted by molar-refractivity contribution is 0.00358. The Morgan fingerprint density at radius 2 is 1.55 bits per heavy atom. The van der Waals surface area contributed by atoms with Gasteiger partial charge in [0.1, 0.15) is 17.4 Å². The number of rotatable bonds is 13. The lowest BCUT2D eigenvalue weighted by Gasteiger charge is -2.10. The Labute approximate surface area is 182 Å². The number of benzene rings is 2. The molecule has 0 spiro atoms. The summed E-state index contributed by atoms with van der Waals surface area (Å²) in [7, 11) is 0. The van der Waals surface area contributed by atoms with Crippen molar-refractivity contribution in [2.75, 3.05) is 52.9 Å². The van der Waals surface area contributed by atoms with Gasteiger partial charge in [-0.3, -0.25) is 0 Å². The van der Waals surface area contributed by atoms with Crippen LogP contribution in [0.5, 0.6) is 5.75 Å². The van der Waals surface area contributed by atoms with Gasteiger partial charge in [0.25, 0.3) is 0 Å². The number of para-hydroxylation sites is 1. The number of nitrogens with zero attached hydrogens (tertiary/aromatic N) is 1. The third kappa shape index (κ3) is 7.02. The van der Waals surface area contributed by atoms with E-state index in [2.05, 4.69) is 22.0 Å². The van der Waals surface area contributed by atoms with Crippen molar-refractivity contribution >= 4 is 37.5 Å². The van der Waals surface area contributed by atoms with Crippen LogP contribution in [0.15, 0.2) is 46.9 Å². The van der Waals surface area contributed by atoms with E-state index in [1.165, 1.54) is 4.70 Å². The first-order valence-corrected chi connectivity index (χ1v) is 11.0. The molecule has 0 radical (unpaired) electrons. The van der Waals surface area contributed by atoms with Crippen molar-refractivity contribution in [1.82, 2.24) is 4.98 Å². The average Bonchev–Trinajstić information content (AvgIpc) is 3.17. The lowest BCUT2D eigenvalue weighted by Crippen LogP contribution is -2.13. The highest BCUT2D eigenvalue weighted by molar-refractivity contribution is 9.10. The van der Waals surface area contributed by atoms with Gasteiger partial charge in [-0.15, -0.1) is 11.3 Å². The van der Waals surface area contributed by atoms with Crippen molar-refractivity contribution < 1.29 is 24.1 Å². The summed E-state index contributed by atoms with van der Waals surface area (Å²) in [6.45, 7) is 3.29. The maximum Gasteiger partial charge on any atom is 0.133 e. The molecule has 0 unspecified atom stereocenters. The van der Waals surface area contributed by atoms with Crippen LogP contribution < -0.4 is 4.74 Å². The molecule has 0 saturated heterocycles. The second-order valence-electron chi connectivity index (χ2n) is 6.04. The molecule has 8 heteroatoms. The molecule has 2 aromatic carbocycles. The smallest absolute Gasteiger partial charge is 0.133 e. The van der Waals surface area contributed by atoms with E-state index in [-0.39, 0.29) is 6.61 Å². The maximum absolute atomic E-state index is 8.58. The maximum atomic E-state index is 8.58. The first-order valence-electron chi connectivity index (χ1n) is 9.40. The van der Waals surface area contributed by atoms with E-state index in [0.29, 0.717) is 46.2 Å². The van der Waals surface area contributed by atoms with E-state index >= 15 is 0 Å². The fourth-order valence-corrected chi connectivity index (χ4v) is 4.02. The quantitative estimate of drug-likeness (QED) is 0.370. The molecule has 3 rings (SSSR count). The summed E-state index contributed by atoms with van der Waals surface area (Å²) in [6.07, 6.45) is 0. The number of halogens is 1. The summed E-state index contributed by atoms with van der Waals surface area (Å²) in [5.41, 5.74) is 2.07. The largest absolute Gasteiger partial charge is 0.490 e. The molecule has 0 saturated carbocycles. The summed E-state index contributed by atoms with van der Waals surface area (Å²) in [4.78, 5) is 4.69. The highest BCUT2D eigenvalue weighted by atomic mass is 79.9. The second kappa shape index (κ2) is 12.2. The van der Waals surface area contributed by atoms with Crippen molar-refractivity contribution in [2.24, 2.45) is 0 Å². The van der Waals surface area contributed by atoms with Crippen molar-refractivity contribution in [3.63, 3.8) is 0 Å². The van der Waals surface area contributed by atoms with Gasteiger partial charge in [0.15, 0.2) is 0 Å². The molecule has 29 heavy (non-hydrogen) atoms. The van der Waals surface area contributed by atoms with E-state index < -0.39 is 0 Å². The van der Waals surface area contributed by atoms with Crippen LogP contribution in [0.4, 0.5) is 0 Å². The highest BCUT2D eigenvalue weighted by Gasteiger charge is 2.09. The van der Waals surface area contributed by atoms with Crippen LogP contribution in [0.2, 0.25) is 0 Å².